The summed E-state index contributed by atoms with van der Waals surface area (Å²) in [6.07, 6.45) is 0. The van der Waals surface area contributed by atoms with Crippen LogP contribution in [0.25, 0.3) is 0 Å². The topological polar surface area (TPSA) is 58.6 Å². The number of sulfonamides is 1. The second-order valence-electron chi connectivity index (χ2n) is 5.30. The van der Waals surface area contributed by atoms with E-state index >= 15 is 0 Å². The lowest BCUT2D eigenvalue weighted by Crippen LogP contribution is -2.46. The van der Waals surface area contributed by atoms with Gasteiger partial charge in [-0.25, -0.2) is 8.42 Å². The number of ether oxygens (including phenoxy) is 1. The highest BCUT2D eigenvalue weighted by atomic mass is 32.2. The Morgan fingerprint density at radius 2 is 2.25 bits per heavy atom. The summed E-state index contributed by atoms with van der Waals surface area (Å²) in [5, 5.41) is 3.30. The Kier molecular flexibility index (Phi) is 5.19. The lowest BCUT2D eigenvalue weighted by atomic mass is 10.3. The number of nitrogens with zero attached hydrogens (tertiary/aromatic N) is 1. The van der Waals surface area contributed by atoms with Gasteiger partial charge in [0.05, 0.1) is 13.2 Å². The van der Waals surface area contributed by atoms with E-state index in [2.05, 4.69) is 19.2 Å². The van der Waals surface area contributed by atoms with Crippen LogP contribution in [0.1, 0.15) is 25.6 Å². The van der Waals surface area contributed by atoms with Gasteiger partial charge in [0.2, 0.25) is 0 Å². The molecule has 1 saturated heterocycles. The molecule has 0 saturated carbocycles. The van der Waals surface area contributed by atoms with Crippen molar-refractivity contribution in [3.8, 4) is 0 Å². The van der Waals surface area contributed by atoms with Crippen molar-refractivity contribution < 1.29 is 13.2 Å². The molecule has 1 atom stereocenters. The van der Waals surface area contributed by atoms with Gasteiger partial charge >= 0.3 is 0 Å². The van der Waals surface area contributed by atoms with E-state index in [0.717, 1.165) is 4.88 Å². The van der Waals surface area contributed by atoms with E-state index in [4.69, 9.17) is 4.74 Å². The van der Waals surface area contributed by atoms with E-state index in [1.807, 2.05) is 13.0 Å². The van der Waals surface area contributed by atoms with Crippen LogP contribution in [-0.4, -0.2) is 44.6 Å². The summed E-state index contributed by atoms with van der Waals surface area (Å²) in [5.74, 6) is 0. The standard InChI is InChI=1S/C13H22N2O3S2/c1-10(2)14-8-12-4-5-13(19-12)20(16,17)15-6-7-18-9-11(15)3/h4-5,10-11,14H,6-9H2,1-3H3. The molecular formula is C13H22N2O3S2. The molecule has 1 fully saturated rings. The van der Waals surface area contributed by atoms with Crippen molar-refractivity contribution in [2.75, 3.05) is 19.8 Å². The predicted molar refractivity (Wildman–Crippen MR) is 80.5 cm³/mol. The lowest BCUT2D eigenvalue weighted by Gasteiger charge is -2.31. The Labute approximate surface area is 125 Å². The van der Waals surface area contributed by atoms with Crippen molar-refractivity contribution >= 4 is 21.4 Å². The number of nitrogens with one attached hydrogen (secondary N) is 1. The maximum Gasteiger partial charge on any atom is 0.252 e. The summed E-state index contributed by atoms with van der Waals surface area (Å²) in [4.78, 5) is 1.04. The zero-order valence-corrected chi connectivity index (χ0v) is 13.8. The molecule has 1 aromatic heterocycles. The zero-order chi connectivity index (χ0) is 14.8. The molecule has 1 aliphatic heterocycles. The molecule has 1 N–H and O–H groups in total. The molecular weight excluding hydrogens is 296 g/mol. The van der Waals surface area contributed by atoms with Crippen molar-refractivity contribution in [3.05, 3.63) is 17.0 Å². The predicted octanol–water partition coefficient (Wildman–Crippen LogP) is 1.66. The van der Waals surface area contributed by atoms with Gasteiger partial charge in [-0.1, -0.05) is 13.8 Å². The van der Waals surface area contributed by atoms with Crippen LogP contribution in [0, 0.1) is 0 Å². The van der Waals surface area contributed by atoms with Crippen molar-refractivity contribution in [3.63, 3.8) is 0 Å². The van der Waals surface area contributed by atoms with Gasteiger partial charge in [-0.2, -0.15) is 4.31 Å². The van der Waals surface area contributed by atoms with Crippen molar-refractivity contribution in [1.29, 1.82) is 0 Å². The van der Waals surface area contributed by atoms with Crippen molar-refractivity contribution in [2.24, 2.45) is 0 Å². The van der Waals surface area contributed by atoms with Gasteiger partial charge in [0.25, 0.3) is 10.0 Å². The largest absolute Gasteiger partial charge is 0.378 e. The maximum atomic E-state index is 12.6. The fraction of sp³-hybridized carbons (Fsp3) is 0.692. The third-order valence-electron chi connectivity index (χ3n) is 3.19. The Balaban J connectivity index is 2.13. The molecule has 1 aliphatic rings. The molecule has 1 aromatic rings. The first-order valence-corrected chi connectivity index (χ1v) is 9.08. The van der Waals surface area contributed by atoms with E-state index < -0.39 is 10.0 Å². The van der Waals surface area contributed by atoms with Crippen LogP contribution < -0.4 is 5.32 Å². The summed E-state index contributed by atoms with van der Waals surface area (Å²) in [6.45, 7) is 8.09. The van der Waals surface area contributed by atoms with E-state index in [1.165, 1.54) is 11.3 Å². The highest BCUT2D eigenvalue weighted by molar-refractivity contribution is 7.91. The summed E-state index contributed by atoms with van der Waals surface area (Å²) in [6, 6.07) is 3.88. The van der Waals surface area contributed by atoms with Gasteiger partial charge in [0, 0.05) is 30.1 Å². The smallest absolute Gasteiger partial charge is 0.252 e. The van der Waals surface area contributed by atoms with Gasteiger partial charge in [-0.15, -0.1) is 11.3 Å². The van der Waals surface area contributed by atoms with Gasteiger partial charge in [0.1, 0.15) is 4.21 Å². The fourth-order valence-corrected chi connectivity index (χ4v) is 5.12. The van der Waals surface area contributed by atoms with Crippen LogP contribution in [0.3, 0.4) is 0 Å². The second-order valence-corrected chi connectivity index (χ2v) is 8.58. The maximum absolute atomic E-state index is 12.6. The first-order chi connectivity index (χ1) is 9.41. The Hall–Kier alpha value is -0.470. The molecule has 0 aromatic carbocycles. The SMILES string of the molecule is CC(C)NCc1ccc(S(=O)(=O)N2CCOCC2C)s1. The number of morpholine rings is 1. The third kappa shape index (κ3) is 3.59. The van der Waals surface area contributed by atoms with Crippen molar-refractivity contribution in [2.45, 2.75) is 43.6 Å². The molecule has 1 unspecified atom stereocenters. The fourth-order valence-electron chi connectivity index (χ4n) is 2.08. The molecule has 7 heteroatoms. The molecule has 0 spiro atoms. The first kappa shape index (κ1) is 15.9. The molecule has 2 heterocycles. The van der Waals surface area contributed by atoms with Crippen LogP contribution in [-0.2, 0) is 21.3 Å². The Bertz CT molecular complexity index is 540. The first-order valence-electron chi connectivity index (χ1n) is 6.83. The van der Waals surface area contributed by atoms with E-state index in [1.54, 1.807) is 10.4 Å². The quantitative estimate of drug-likeness (QED) is 0.897. The monoisotopic (exact) mass is 318 g/mol. The molecule has 5 nitrogen and oxygen atoms in total. The second kappa shape index (κ2) is 6.53. The van der Waals surface area contributed by atoms with Crippen LogP contribution in [0.2, 0.25) is 0 Å². The van der Waals surface area contributed by atoms with Crippen molar-refractivity contribution in [1.82, 2.24) is 9.62 Å². The molecule has 0 aliphatic carbocycles. The molecule has 0 bridgehead atoms. The van der Waals surface area contributed by atoms with Gasteiger partial charge in [-0.05, 0) is 19.1 Å². The summed E-state index contributed by atoms with van der Waals surface area (Å²) < 4.78 is 32.5. The number of thiophene rings is 1. The zero-order valence-electron chi connectivity index (χ0n) is 12.1. The lowest BCUT2D eigenvalue weighted by molar-refractivity contribution is 0.0393. The highest BCUT2D eigenvalue weighted by Crippen LogP contribution is 2.27. The third-order valence-corrected chi connectivity index (χ3v) is 6.76. The molecule has 0 amide bonds. The Morgan fingerprint density at radius 3 is 2.90 bits per heavy atom. The summed E-state index contributed by atoms with van der Waals surface area (Å²) in [5.41, 5.74) is 0. The van der Waals surface area contributed by atoms with Crippen LogP contribution in [0.5, 0.6) is 0 Å². The molecule has 114 valence electrons. The van der Waals surface area contributed by atoms with Crippen LogP contribution >= 0.6 is 11.3 Å². The number of hydrogen-bond acceptors (Lipinski definition) is 5. The van der Waals surface area contributed by atoms with Crippen LogP contribution in [0.15, 0.2) is 16.3 Å². The minimum Gasteiger partial charge on any atom is -0.378 e. The average Bonchev–Trinajstić information content (AvgIpc) is 2.86. The number of hydrogen-bond donors (Lipinski definition) is 1. The average molecular weight is 318 g/mol. The van der Waals surface area contributed by atoms with E-state index in [9.17, 15) is 8.42 Å². The normalized spacial score (nSPS) is 21.5. The summed E-state index contributed by atoms with van der Waals surface area (Å²) in [7, 11) is -3.38. The van der Waals surface area contributed by atoms with Gasteiger partial charge in [-0.3, -0.25) is 0 Å². The van der Waals surface area contributed by atoms with E-state index in [0.29, 0.717) is 36.6 Å². The van der Waals surface area contributed by atoms with Crippen LogP contribution in [0.4, 0.5) is 0 Å². The van der Waals surface area contributed by atoms with Gasteiger partial charge in [0.15, 0.2) is 0 Å². The molecule has 0 radical (unpaired) electrons. The van der Waals surface area contributed by atoms with Gasteiger partial charge < -0.3 is 10.1 Å². The summed E-state index contributed by atoms with van der Waals surface area (Å²) >= 11 is 1.34. The Morgan fingerprint density at radius 1 is 1.50 bits per heavy atom. The van der Waals surface area contributed by atoms with E-state index in [-0.39, 0.29) is 6.04 Å². The minimum atomic E-state index is -3.38. The number of rotatable bonds is 5. The molecule has 20 heavy (non-hydrogen) atoms. The minimum absolute atomic E-state index is 0.104. The highest BCUT2D eigenvalue weighted by Gasteiger charge is 2.32. The molecule has 2 rings (SSSR count).